The van der Waals surface area contributed by atoms with Crippen molar-refractivity contribution in [3.8, 4) is 0 Å². The number of carbonyl (C=O) groups excluding carboxylic acids is 1. The molecule has 2 rings (SSSR count). The minimum absolute atomic E-state index is 0.0745. The van der Waals surface area contributed by atoms with Gasteiger partial charge in [0.1, 0.15) is 24.1 Å². The zero-order valence-electron chi connectivity index (χ0n) is 10.6. The zero-order chi connectivity index (χ0) is 14.9. The van der Waals surface area contributed by atoms with E-state index in [1.54, 1.807) is 0 Å². The van der Waals surface area contributed by atoms with Gasteiger partial charge in [-0.25, -0.2) is 4.79 Å². The molecule has 0 spiro atoms. The first-order valence-electron chi connectivity index (χ1n) is 5.93. The minimum atomic E-state index is -1.36. The van der Waals surface area contributed by atoms with Gasteiger partial charge in [-0.05, 0) is 6.07 Å². The Morgan fingerprint density at radius 2 is 2.20 bits per heavy atom. The molecule has 9 heteroatoms. The molecule has 1 aliphatic heterocycles. The smallest absolute Gasteiger partial charge is 0.351 e. The number of nitrogens with zero attached hydrogens (tertiary/aromatic N) is 2. The average Bonchev–Trinajstić information content (AvgIpc) is 2.66. The summed E-state index contributed by atoms with van der Waals surface area (Å²) in [5.74, 6) is -0.298. The van der Waals surface area contributed by atoms with Crippen LogP contribution in [0.5, 0.6) is 0 Å². The van der Waals surface area contributed by atoms with Crippen molar-refractivity contribution >= 4 is 11.7 Å². The Bertz CT molecular complexity index is 559. The van der Waals surface area contributed by atoms with Crippen molar-refractivity contribution in [2.24, 2.45) is 0 Å². The van der Waals surface area contributed by atoms with Gasteiger partial charge in [0.15, 0.2) is 6.23 Å². The molecule has 1 saturated heterocycles. The number of nitrogens with one attached hydrogen (secondary N) is 1. The molecular formula is C11H15N3O6. The van der Waals surface area contributed by atoms with Gasteiger partial charge < -0.3 is 25.4 Å². The van der Waals surface area contributed by atoms with Crippen LogP contribution in [0.4, 0.5) is 5.82 Å². The van der Waals surface area contributed by atoms with Gasteiger partial charge >= 0.3 is 5.69 Å². The maximum absolute atomic E-state index is 11.8. The molecular weight excluding hydrogens is 270 g/mol. The summed E-state index contributed by atoms with van der Waals surface area (Å²) in [6.45, 7) is 0.792. The number of hydrogen-bond acceptors (Lipinski definition) is 7. The number of rotatable bonds is 3. The molecule has 4 N–H and O–H groups in total. The number of aliphatic hydroxyl groups is 3. The summed E-state index contributed by atoms with van der Waals surface area (Å²) in [6, 6.07) is 1.36. The molecule has 1 aromatic heterocycles. The van der Waals surface area contributed by atoms with Gasteiger partial charge in [0.05, 0.1) is 6.61 Å². The number of ether oxygens (including phenoxy) is 1. The first kappa shape index (κ1) is 14.6. The third-order valence-electron chi connectivity index (χ3n) is 2.93. The van der Waals surface area contributed by atoms with E-state index < -0.39 is 36.8 Å². The molecule has 0 bridgehead atoms. The Morgan fingerprint density at radius 3 is 2.70 bits per heavy atom. The summed E-state index contributed by atoms with van der Waals surface area (Å²) in [4.78, 5) is 26.3. The molecule has 20 heavy (non-hydrogen) atoms. The Kier molecular flexibility index (Phi) is 4.14. The average molecular weight is 285 g/mol. The third kappa shape index (κ3) is 2.70. The molecule has 9 nitrogen and oxygen atoms in total. The van der Waals surface area contributed by atoms with E-state index >= 15 is 0 Å². The number of anilines is 1. The third-order valence-corrected chi connectivity index (χ3v) is 2.93. The molecule has 0 radical (unpaired) electrons. The lowest BCUT2D eigenvalue weighted by molar-refractivity contribution is -0.114. The van der Waals surface area contributed by atoms with Crippen molar-refractivity contribution in [1.29, 1.82) is 0 Å². The Balaban J connectivity index is 2.26. The van der Waals surface area contributed by atoms with Crippen molar-refractivity contribution in [1.82, 2.24) is 9.55 Å². The standard InChI is InChI=1S/C11H15N3O6/c1-5(16)12-7-2-3-14(11(19)13-7)10-9(18)8(17)6(4-15)20-10/h2-3,6,8-10,15,17-18H,4H2,1H3,(H,12,13,16,19)/t6-,8?,9+,10-/m1/s1. The highest BCUT2D eigenvalue weighted by molar-refractivity contribution is 5.87. The number of aromatic nitrogens is 2. The molecule has 2 heterocycles. The van der Waals surface area contributed by atoms with Gasteiger partial charge in [-0.15, -0.1) is 0 Å². The molecule has 0 saturated carbocycles. The van der Waals surface area contributed by atoms with E-state index in [9.17, 15) is 19.8 Å². The van der Waals surface area contributed by atoms with Gasteiger partial charge in [0, 0.05) is 13.1 Å². The molecule has 4 atom stereocenters. The molecule has 0 aliphatic carbocycles. The lowest BCUT2D eigenvalue weighted by Crippen LogP contribution is -2.36. The molecule has 1 aliphatic rings. The summed E-state index contributed by atoms with van der Waals surface area (Å²) < 4.78 is 6.19. The van der Waals surface area contributed by atoms with Crippen molar-refractivity contribution in [3.63, 3.8) is 0 Å². The largest absolute Gasteiger partial charge is 0.394 e. The van der Waals surface area contributed by atoms with Crippen LogP contribution in [0.3, 0.4) is 0 Å². The van der Waals surface area contributed by atoms with Gasteiger partial charge in [-0.3, -0.25) is 9.36 Å². The lowest BCUT2D eigenvalue weighted by Gasteiger charge is -2.17. The molecule has 1 amide bonds. The summed E-state index contributed by atoms with van der Waals surface area (Å²) in [7, 11) is 0. The summed E-state index contributed by atoms with van der Waals surface area (Å²) >= 11 is 0. The van der Waals surface area contributed by atoms with Crippen LogP contribution in [0.1, 0.15) is 13.2 Å². The van der Waals surface area contributed by atoms with Crippen molar-refractivity contribution in [2.75, 3.05) is 11.9 Å². The highest BCUT2D eigenvalue weighted by Crippen LogP contribution is 2.27. The highest BCUT2D eigenvalue weighted by Gasteiger charge is 2.43. The monoisotopic (exact) mass is 285 g/mol. The van der Waals surface area contributed by atoms with Gasteiger partial charge in [-0.2, -0.15) is 4.98 Å². The van der Waals surface area contributed by atoms with E-state index in [4.69, 9.17) is 9.84 Å². The van der Waals surface area contributed by atoms with Crippen LogP contribution in [0, 0.1) is 0 Å². The topological polar surface area (TPSA) is 134 Å². The molecule has 1 aromatic rings. The Morgan fingerprint density at radius 1 is 1.50 bits per heavy atom. The fraction of sp³-hybridized carbons (Fsp3) is 0.545. The second-order valence-electron chi connectivity index (χ2n) is 4.41. The van der Waals surface area contributed by atoms with Crippen LogP contribution in [0.15, 0.2) is 17.1 Å². The number of carbonyl (C=O) groups is 1. The molecule has 0 aromatic carbocycles. The second-order valence-corrected chi connectivity index (χ2v) is 4.41. The van der Waals surface area contributed by atoms with E-state index in [1.807, 2.05) is 0 Å². The minimum Gasteiger partial charge on any atom is -0.394 e. The van der Waals surface area contributed by atoms with Crippen LogP contribution < -0.4 is 11.0 Å². The first-order chi connectivity index (χ1) is 9.43. The van der Waals surface area contributed by atoms with E-state index in [1.165, 1.54) is 19.2 Å². The van der Waals surface area contributed by atoms with E-state index in [0.29, 0.717) is 0 Å². The first-order valence-corrected chi connectivity index (χ1v) is 5.93. The van der Waals surface area contributed by atoms with Gasteiger partial charge in [0.25, 0.3) is 0 Å². The summed E-state index contributed by atoms with van der Waals surface area (Å²) in [5.41, 5.74) is -0.758. The van der Waals surface area contributed by atoms with Crippen molar-refractivity contribution in [2.45, 2.75) is 31.5 Å². The van der Waals surface area contributed by atoms with E-state index in [2.05, 4.69) is 10.3 Å². The van der Waals surface area contributed by atoms with E-state index in [-0.39, 0.29) is 11.7 Å². The SMILES string of the molecule is CC(=O)Nc1ccn([C@@H]2O[C@H](CO)C(O)[C@@H]2O)c(=O)n1. The molecule has 110 valence electrons. The summed E-state index contributed by atoms with van der Waals surface area (Å²) in [5, 5.41) is 30.8. The highest BCUT2D eigenvalue weighted by atomic mass is 16.6. The molecule has 1 fully saturated rings. The fourth-order valence-electron chi connectivity index (χ4n) is 1.97. The fourth-order valence-corrected chi connectivity index (χ4v) is 1.97. The van der Waals surface area contributed by atoms with Crippen LogP contribution in [0.25, 0.3) is 0 Å². The number of amides is 1. The lowest BCUT2D eigenvalue weighted by atomic mass is 10.1. The molecule has 1 unspecified atom stereocenters. The van der Waals surface area contributed by atoms with E-state index in [0.717, 1.165) is 4.57 Å². The van der Waals surface area contributed by atoms with Crippen LogP contribution in [0.2, 0.25) is 0 Å². The number of aliphatic hydroxyl groups excluding tert-OH is 3. The van der Waals surface area contributed by atoms with Gasteiger partial charge in [-0.1, -0.05) is 0 Å². The maximum Gasteiger partial charge on any atom is 0.351 e. The quantitative estimate of drug-likeness (QED) is 0.495. The van der Waals surface area contributed by atoms with Crippen LogP contribution in [-0.2, 0) is 9.53 Å². The van der Waals surface area contributed by atoms with Crippen molar-refractivity contribution < 1.29 is 24.9 Å². The summed E-state index contributed by atoms with van der Waals surface area (Å²) in [6.07, 6.45) is -3.50. The Hall–Kier alpha value is -1.81. The Labute approximate surface area is 113 Å². The predicted octanol–water partition coefficient (Wildman–Crippen LogP) is -2.19. The second kappa shape index (κ2) is 5.67. The normalized spacial score (nSPS) is 29.4. The van der Waals surface area contributed by atoms with Gasteiger partial charge in [0.2, 0.25) is 5.91 Å². The zero-order valence-corrected chi connectivity index (χ0v) is 10.6. The van der Waals surface area contributed by atoms with Crippen molar-refractivity contribution in [3.05, 3.63) is 22.7 Å². The predicted molar refractivity (Wildman–Crippen MR) is 65.8 cm³/mol. The number of hydrogen-bond donors (Lipinski definition) is 4. The van der Waals surface area contributed by atoms with Crippen LogP contribution in [-0.4, -0.2) is 55.7 Å². The maximum atomic E-state index is 11.8. The van der Waals surface area contributed by atoms with Crippen LogP contribution >= 0.6 is 0 Å².